The Bertz CT molecular complexity index is 1600. The Morgan fingerprint density at radius 1 is 1.00 bits per heavy atom. The molecule has 1 aliphatic heterocycles. The Morgan fingerprint density at radius 3 is 2.58 bits per heavy atom. The van der Waals surface area contributed by atoms with Crippen LogP contribution in [0.15, 0.2) is 55.0 Å². The van der Waals surface area contributed by atoms with E-state index in [0.29, 0.717) is 11.8 Å². The number of fused-ring (bicyclic) bond motifs is 3. The van der Waals surface area contributed by atoms with Crippen molar-refractivity contribution in [1.29, 1.82) is 0 Å². The Hall–Kier alpha value is -4.24. The van der Waals surface area contributed by atoms with Crippen molar-refractivity contribution in [2.24, 2.45) is 0 Å². The zero-order chi connectivity index (χ0) is 26.2. The Morgan fingerprint density at radius 2 is 1.84 bits per heavy atom. The van der Waals surface area contributed by atoms with Gasteiger partial charge in [0.1, 0.15) is 17.1 Å². The van der Waals surface area contributed by atoms with E-state index in [0.717, 1.165) is 76.1 Å². The molecule has 6 rings (SSSR count). The lowest BCUT2D eigenvalue weighted by Gasteiger charge is -2.29. The molecule has 4 heterocycles. The summed E-state index contributed by atoms with van der Waals surface area (Å²) in [7, 11) is 1.70. The van der Waals surface area contributed by atoms with Gasteiger partial charge in [-0.05, 0) is 67.8 Å². The first kappa shape index (κ1) is 24.1. The van der Waals surface area contributed by atoms with E-state index in [-0.39, 0.29) is 6.04 Å². The van der Waals surface area contributed by atoms with E-state index in [2.05, 4.69) is 70.5 Å². The molecular formula is C29H32N8O. The molecule has 0 atom stereocenters. The van der Waals surface area contributed by atoms with E-state index in [9.17, 15) is 0 Å². The van der Waals surface area contributed by atoms with E-state index in [1.807, 2.05) is 35.4 Å². The maximum absolute atomic E-state index is 5.55. The Kier molecular flexibility index (Phi) is 6.29. The fourth-order valence-corrected chi connectivity index (χ4v) is 5.11. The van der Waals surface area contributed by atoms with Crippen molar-refractivity contribution < 1.29 is 4.74 Å². The van der Waals surface area contributed by atoms with Gasteiger partial charge in [-0.25, -0.2) is 15.0 Å². The number of pyridine rings is 1. The van der Waals surface area contributed by atoms with Gasteiger partial charge in [0.15, 0.2) is 0 Å². The summed E-state index contributed by atoms with van der Waals surface area (Å²) in [4.78, 5) is 16.5. The number of hydrogen-bond acceptors (Lipinski definition) is 8. The maximum atomic E-state index is 5.55. The molecule has 2 N–H and O–H groups in total. The van der Waals surface area contributed by atoms with Crippen molar-refractivity contribution >= 4 is 39.3 Å². The number of nitrogens with zero attached hydrogens (tertiary/aromatic N) is 6. The second-order valence-corrected chi connectivity index (χ2v) is 10.0. The third-order valence-electron chi connectivity index (χ3n) is 6.98. The van der Waals surface area contributed by atoms with Crippen LogP contribution in [-0.2, 0) is 0 Å². The normalized spacial score (nSPS) is 14.0. The maximum Gasteiger partial charge on any atom is 0.228 e. The largest absolute Gasteiger partial charge is 0.497 e. The van der Waals surface area contributed by atoms with Crippen LogP contribution in [0.4, 0.5) is 17.5 Å². The molecule has 0 spiro atoms. The average molecular weight is 509 g/mol. The zero-order valence-corrected chi connectivity index (χ0v) is 22.2. The number of hydrogen-bond donors (Lipinski definition) is 2. The van der Waals surface area contributed by atoms with Crippen molar-refractivity contribution in [3.8, 4) is 16.9 Å². The standard InChI is InChI=1S/C29H32N8O/c1-18(2)37-28-25(17-33-37)24(20-11-19(3)12-23(13-20)38-4)14-21-15-32-29(35-27(21)28)34-26-6-5-22(16-31-26)36-9-7-30-8-10-36/h5-6,11-18,30H,7-10H2,1-4H3,(H,31,32,34,35). The minimum absolute atomic E-state index is 0.170. The van der Waals surface area contributed by atoms with Gasteiger partial charge in [-0.3, -0.25) is 4.68 Å². The van der Waals surface area contributed by atoms with E-state index in [4.69, 9.17) is 14.8 Å². The molecule has 0 aliphatic carbocycles. The van der Waals surface area contributed by atoms with Crippen molar-refractivity contribution in [2.45, 2.75) is 26.8 Å². The third kappa shape index (κ3) is 4.50. The highest BCUT2D eigenvalue weighted by Crippen LogP contribution is 2.37. The molecule has 3 aromatic heterocycles. The van der Waals surface area contributed by atoms with Crippen molar-refractivity contribution in [1.82, 2.24) is 30.0 Å². The molecule has 1 fully saturated rings. The number of benzene rings is 2. The van der Waals surface area contributed by atoms with Gasteiger partial charge in [0.05, 0.1) is 30.7 Å². The highest BCUT2D eigenvalue weighted by Gasteiger charge is 2.18. The van der Waals surface area contributed by atoms with Gasteiger partial charge in [0.25, 0.3) is 0 Å². The van der Waals surface area contributed by atoms with Crippen LogP contribution in [0.5, 0.6) is 5.75 Å². The van der Waals surface area contributed by atoms with E-state index >= 15 is 0 Å². The lowest BCUT2D eigenvalue weighted by Crippen LogP contribution is -2.43. The predicted octanol–water partition coefficient (Wildman–Crippen LogP) is 5.09. The first-order valence-electron chi connectivity index (χ1n) is 13.0. The molecule has 9 nitrogen and oxygen atoms in total. The molecule has 9 heteroatoms. The van der Waals surface area contributed by atoms with E-state index < -0.39 is 0 Å². The van der Waals surface area contributed by atoms with Crippen LogP contribution in [0.25, 0.3) is 32.9 Å². The number of piperazine rings is 1. The molecule has 5 aromatic rings. The number of ether oxygens (including phenoxy) is 1. The van der Waals surface area contributed by atoms with E-state index in [1.54, 1.807) is 7.11 Å². The van der Waals surface area contributed by atoms with Crippen LogP contribution >= 0.6 is 0 Å². The molecule has 1 aliphatic rings. The molecule has 38 heavy (non-hydrogen) atoms. The van der Waals surface area contributed by atoms with Crippen molar-refractivity contribution in [3.05, 3.63) is 60.6 Å². The summed E-state index contributed by atoms with van der Waals surface area (Å²) >= 11 is 0. The molecule has 0 radical (unpaired) electrons. The number of nitrogens with one attached hydrogen (secondary N) is 2. The smallest absolute Gasteiger partial charge is 0.228 e. The van der Waals surface area contributed by atoms with Crippen molar-refractivity contribution in [2.75, 3.05) is 43.5 Å². The number of aryl methyl sites for hydroxylation is 1. The summed E-state index contributed by atoms with van der Waals surface area (Å²) in [6.45, 7) is 10.3. The molecular weight excluding hydrogens is 476 g/mol. The van der Waals surface area contributed by atoms with Gasteiger partial charge in [0.2, 0.25) is 5.95 Å². The topological polar surface area (TPSA) is 93.0 Å². The molecule has 0 unspecified atom stereocenters. The summed E-state index contributed by atoms with van der Waals surface area (Å²) in [6, 6.07) is 12.6. The van der Waals surface area contributed by atoms with Gasteiger partial charge < -0.3 is 20.3 Å². The van der Waals surface area contributed by atoms with Gasteiger partial charge in [-0.2, -0.15) is 5.10 Å². The zero-order valence-electron chi connectivity index (χ0n) is 22.2. The second-order valence-electron chi connectivity index (χ2n) is 10.0. The fraction of sp³-hybridized carbons (Fsp3) is 0.310. The number of rotatable bonds is 6. The summed E-state index contributed by atoms with van der Waals surface area (Å²) in [5.41, 5.74) is 6.25. The van der Waals surface area contributed by atoms with Gasteiger partial charge in [0, 0.05) is 49.2 Å². The van der Waals surface area contributed by atoms with Crippen LogP contribution < -0.4 is 20.3 Å². The number of anilines is 3. The molecule has 1 saturated heterocycles. The summed E-state index contributed by atoms with van der Waals surface area (Å²) in [5, 5.41) is 13.4. The third-order valence-corrected chi connectivity index (χ3v) is 6.98. The number of methoxy groups -OCH3 is 1. The lowest BCUT2D eigenvalue weighted by molar-refractivity contribution is 0.414. The Balaban J connectivity index is 1.41. The highest BCUT2D eigenvalue weighted by molar-refractivity contribution is 6.10. The highest BCUT2D eigenvalue weighted by atomic mass is 16.5. The fourth-order valence-electron chi connectivity index (χ4n) is 5.11. The summed E-state index contributed by atoms with van der Waals surface area (Å²) in [6.07, 6.45) is 5.71. The lowest BCUT2D eigenvalue weighted by atomic mass is 9.98. The molecule has 0 saturated carbocycles. The molecule has 2 aromatic carbocycles. The predicted molar refractivity (Wildman–Crippen MR) is 153 cm³/mol. The van der Waals surface area contributed by atoms with Gasteiger partial charge in [-0.15, -0.1) is 0 Å². The number of aromatic nitrogens is 5. The first-order chi connectivity index (χ1) is 18.5. The summed E-state index contributed by atoms with van der Waals surface area (Å²) < 4.78 is 7.58. The minimum atomic E-state index is 0.170. The van der Waals surface area contributed by atoms with Gasteiger partial charge in [-0.1, -0.05) is 6.07 Å². The molecule has 0 amide bonds. The van der Waals surface area contributed by atoms with Crippen LogP contribution in [0.3, 0.4) is 0 Å². The molecule has 0 bridgehead atoms. The average Bonchev–Trinajstić information content (AvgIpc) is 3.39. The minimum Gasteiger partial charge on any atom is -0.497 e. The van der Waals surface area contributed by atoms with Gasteiger partial charge >= 0.3 is 0 Å². The van der Waals surface area contributed by atoms with Crippen LogP contribution in [0, 0.1) is 6.92 Å². The van der Waals surface area contributed by atoms with Crippen LogP contribution in [0.1, 0.15) is 25.5 Å². The SMILES string of the molecule is COc1cc(C)cc(-c2cc3cnc(Nc4ccc(N5CCNCC5)cn4)nc3c3c2cnn3C(C)C)c1. The van der Waals surface area contributed by atoms with Crippen LogP contribution in [0.2, 0.25) is 0 Å². The van der Waals surface area contributed by atoms with E-state index in [1.165, 1.54) is 0 Å². The monoisotopic (exact) mass is 508 g/mol. The quantitative estimate of drug-likeness (QED) is 0.328. The van der Waals surface area contributed by atoms with Crippen LogP contribution in [-0.4, -0.2) is 58.0 Å². The first-order valence-corrected chi connectivity index (χ1v) is 13.0. The summed E-state index contributed by atoms with van der Waals surface area (Å²) in [5.74, 6) is 2.04. The van der Waals surface area contributed by atoms with Crippen molar-refractivity contribution in [3.63, 3.8) is 0 Å². The second kappa shape index (κ2) is 9.90. The Labute approximate surface area is 221 Å². The molecule has 194 valence electrons.